The molecule has 5 rings (SSSR count). The molecule has 6 nitrogen and oxygen atoms in total. The Kier molecular flexibility index (Phi) is 4.75. The van der Waals surface area contributed by atoms with Crippen LogP contribution in [0.1, 0.15) is 28.6 Å². The number of imidazole rings is 1. The highest BCUT2D eigenvalue weighted by Gasteiger charge is 2.28. The quantitative estimate of drug-likeness (QED) is 0.470. The third-order valence-electron chi connectivity index (χ3n) is 5.72. The molecule has 0 aliphatic carbocycles. The average molecular weight is 415 g/mol. The lowest BCUT2D eigenvalue weighted by Gasteiger charge is -2.28. The third kappa shape index (κ3) is 3.18. The first-order valence-electron chi connectivity index (χ1n) is 10.1. The molecule has 0 radical (unpaired) electrons. The van der Waals surface area contributed by atoms with Gasteiger partial charge in [0.2, 0.25) is 5.95 Å². The summed E-state index contributed by atoms with van der Waals surface area (Å²) >= 11 is 0. The molecular weight excluding hydrogens is 393 g/mol. The molecule has 2 aromatic heterocycles. The second-order valence-electron chi connectivity index (χ2n) is 7.59. The molecule has 156 valence electrons. The van der Waals surface area contributed by atoms with E-state index in [1.807, 2.05) is 53.6 Å². The van der Waals surface area contributed by atoms with Crippen molar-refractivity contribution in [2.45, 2.75) is 26.5 Å². The number of ether oxygens (including phenoxy) is 1. The zero-order valence-corrected chi connectivity index (χ0v) is 17.4. The molecule has 31 heavy (non-hydrogen) atoms. The summed E-state index contributed by atoms with van der Waals surface area (Å²) in [5.74, 6) is 1.01. The highest BCUT2D eigenvalue weighted by molar-refractivity contribution is 5.74. The first-order chi connectivity index (χ1) is 15.1. The summed E-state index contributed by atoms with van der Waals surface area (Å²) < 4.78 is 22.1. The van der Waals surface area contributed by atoms with Crippen molar-refractivity contribution < 1.29 is 9.13 Å². The molecule has 0 fully saturated rings. The maximum Gasteiger partial charge on any atom is 0.236 e. The van der Waals surface area contributed by atoms with Crippen LogP contribution < -0.4 is 4.90 Å². The molecule has 1 unspecified atom stereocenters. The van der Waals surface area contributed by atoms with Crippen molar-refractivity contribution in [1.82, 2.24) is 19.5 Å². The summed E-state index contributed by atoms with van der Waals surface area (Å²) in [6.45, 7) is 8.59. The van der Waals surface area contributed by atoms with Crippen LogP contribution in [-0.2, 0) is 11.3 Å². The number of halogens is 1. The number of anilines is 2. The van der Waals surface area contributed by atoms with Crippen molar-refractivity contribution >= 4 is 22.8 Å². The minimum Gasteiger partial charge on any atom is -0.374 e. The Balaban J connectivity index is 1.67. The summed E-state index contributed by atoms with van der Waals surface area (Å²) in [5, 5.41) is 0. The lowest BCUT2D eigenvalue weighted by Crippen LogP contribution is -2.25. The zero-order valence-electron chi connectivity index (χ0n) is 17.4. The number of para-hydroxylation sites is 1. The van der Waals surface area contributed by atoms with Gasteiger partial charge in [0.1, 0.15) is 17.2 Å². The van der Waals surface area contributed by atoms with Gasteiger partial charge in [0, 0.05) is 11.8 Å². The number of fused-ring (bicyclic) bond motifs is 2. The fourth-order valence-corrected chi connectivity index (χ4v) is 4.22. The number of nitrogens with zero attached hydrogens (tertiary/aromatic N) is 5. The van der Waals surface area contributed by atoms with Gasteiger partial charge in [-0.1, -0.05) is 36.9 Å². The van der Waals surface area contributed by atoms with E-state index in [0.717, 1.165) is 22.6 Å². The molecule has 0 saturated carbocycles. The minimum atomic E-state index is -0.253. The van der Waals surface area contributed by atoms with Crippen molar-refractivity contribution in [3.05, 3.63) is 89.8 Å². The van der Waals surface area contributed by atoms with Gasteiger partial charge in [0.25, 0.3) is 0 Å². The Morgan fingerprint density at radius 3 is 2.81 bits per heavy atom. The third-order valence-corrected chi connectivity index (χ3v) is 5.72. The highest BCUT2D eigenvalue weighted by atomic mass is 19.1. The van der Waals surface area contributed by atoms with E-state index in [9.17, 15) is 4.39 Å². The molecule has 3 heterocycles. The van der Waals surface area contributed by atoms with Crippen LogP contribution in [0.2, 0.25) is 0 Å². The molecule has 0 saturated heterocycles. The van der Waals surface area contributed by atoms with Crippen LogP contribution >= 0.6 is 0 Å². The van der Waals surface area contributed by atoms with Gasteiger partial charge in [-0.05, 0) is 37.1 Å². The largest absolute Gasteiger partial charge is 0.374 e. The van der Waals surface area contributed by atoms with E-state index in [4.69, 9.17) is 9.72 Å². The summed E-state index contributed by atoms with van der Waals surface area (Å²) in [4.78, 5) is 15.9. The SMILES string of the molecule is C=CN(c1ncc2nc(C)n(C3COCc4c(F)cccc43)c2n1)c1ccccc1C. The Morgan fingerprint density at radius 1 is 1.16 bits per heavy atom. The van der Waals surface area contributed by atoms with Gasteiger partial charge in [-0.2, -0.15) is 4.98 Å². The predicted molar refractivity (Wildman–Crippen MR) is 118 cm³/mol. The van der Waals surface area contributed by atoms with Gasteiger partial charge in [-0.15, -0.1) is 0 Å². The van der Waals surface area contributed by atoms with Crippen LogP contribution in [0.3, 0.4) is 0 Å². The van der Waals surface area contributed by atoms with Gasteiger partial charge in [-0.25, -0.2) is 14.4 Å². The Labute approximate surface area is 179 Å². The van der Waals surface area contributed by atoms with Gasteiger partial charge in [0.15, 0.2) is 5.65 Å². The lowest BCUT2D eigenvalue weighted by atomic mass is 9.98. The summed E-state index contributed by atoms with van der Waals surface area (Å²) in [6, 6.07) is 12.9. The maximum absolute atomic E-state index is 14.4. The minimum absolute atomic E-state index is 0.220. The summed E-state index contributed by atoms with van der Waals surface area (Å²) in [5.41, 5.74) is 4.87. The van der Waals surface area contributed by atoms with Crippen LogP contribution in [-0.4, -0.2) is 26.1 Å². The van der Waals surface area contributed by atoms with Crippen molar-refractivity contribution in [3.8, 4) is 0 Å². The second-order valence-corrected chi connectivity index (χ2v) is 7.59. The van der Waals surface area contributed by atoms with Gasteiger partial charge in [-0.3, -0.25) is 4.90 Å². The molecule has 2 aromatic carbocycles. The molecule has 0 amide bonds. The monoisotopic (exact) mass is 415 g/mol. The first-order valence-corrected chi connectivity index (χ1v) is 10.1. The number of rotatable bonds is 4. The van der Waals surface area contributed by atoms with E-state index in [0.29, 0.717) is 29.3 Å². The number of benzene rings is 2. The van der Waals surface area contributed by atoms with Crippen molar-refractivity contribution in [3.63, 3.8) is 0 Å². The normalized spacial score (nSPS) is 15.6. The molecule has 7 heteroatoms. The van der Waals surface area contributed by atoms with Crippen molar-refractivity contribution in [2.24, 2.45) is 0 Å². The highest BCUT2D eigenvalue weighted by Crippen LogP contribution is 2.34. The molecule has 4 aromatic rings. The van der Waals surface area contributed by atoms with Crippen LogP contribution in [0, 0.1) is 19.7 Å². The lowest BCUT2D eigenvalue weighted by molar-refractivity contribution is 0.0813. The Morgan fingerprint density at radius 2 is 2.00 bits per heavy atom. The average Bonchev–Trinajstić information content (AvgIpc) is 3.10. The second kappa shape index (κ2) is 7.59. The van der Waals surface area contributed by atoms with E-state index >= 15 is 0 Å². The fraction of sp³-hybridized carbons (Fsp3) is 0.208. The Hall–Kier alpha value is -3.58. The van der Waals surface area contributed by atoms with E-state index in [1.165, 1.54) is 6.07 Å². The molecule has 1 aliphatic heterocycles. The smallest absolute Gasteiger partial charge is 0.236 e. The molecule has 0 spiro atoms. The van der Waals surface area contributed by atoms with Crippen LogP contribution in [0.25, 0.3) is 11.2 Å². The van der Waals surface area contributed by atoms with E-state index in [-0.39, 0.29) is 18.5 Å². The fourth-order valence-electron chi connectivity index (χ4n) is 4.22. The van der Waals surface area contributed by atoms with Crippen LogP contribution in [0.4, 0.5) is 16.0 Å². The number of hydrogen-bond acceptors (Lipinski definition) is 5. The summed E-state index contributed by atoms with van der Waals surface area (Å²) in [6.07, 6.45) is 3.41. The molecule has 1 aliphatic rings. The molecule has 0 bridgehead atoms. The van der Waals surface area contributed by atoms with Gasteiger partial charge in [0.05, 0.1) is 31.1 Å². The topological polar surface area (TPSA) is 56.1 Å². The van der Waals surface area contributed by atoms with E-state index in [2.05, 4.69) is 16.5 Å². The molecule has 0 N–H and O–H groups in total. The first kappa shape index (κ1) is 19.4. The Bertz CT molecular complexity index is 1300. The van der Waals surface area contributed by atoms with E-state index in [1.54, 1.807) is 18.5 Å². The standard InChI is InChI=1S/C24H22FN5O/c1-4-29(21-11-6-5-8-15(21)2)24-26-12-20-23(28-24)30(16(3)27-20)22-14-31-13-18-17(22)9-7-10-19(18)25/h4-12,22H,1,13-14H2,2-3H3. The number of aryl methyl sites for hydroxylation is 2. The van der Waals surface area contributed by atoms with Crippen molar-refractivity contribution in [2.75, 3.05) is 11.5 Å². The van der Waals surface area contributed by atoms with Gasteiger partial charge >= 0.3 is 0 Å². The number of aromatic nitrogens is 4. The maximum atomic E-state index is 14.4. The van der Waals surface area contributed by atoms with Crippen LogP contribution in [0.5, 0.6) is 0 Å². The van der Waals surface area contributed by atoms with E-state index < -0.39 is 0 Å². The van der Waals surface area contributed by atoms with Crippen LogP contribution in [0.15, 0.2) is 61.4 Å². The van der Waals surface area contributed by atoms with Gasteiger partial charge < -0.3 is 9.30 Å². The zero-order chi connectivity index (χ0) is 21.5. The molecule has 1 atom stereocenters. The predicted octanol–water partition coefficient (Wildman–Crippen LogP) is 4.98. The molecular formula is C24H22FN5O. The summed E-state index contributed by atoms with van der Waals surface area (Å²) in [7, 11) is 0. The number of hydrogen-bond donors (Lipinski definition) is 0. The van der Waals surface area contributed by atoms with Crippen molar-refractivity contribution in [1.29, 1.82) is 0 Å².